The van der Waals surface area contributed by atoms with Crippen LogP contribution in [-0.2, 0) is 15.1 Å². The largest absolute Gasteiger partial charge is 0.370 e. The molecule has 1 aliphatic carbocycles. The Kier molecular flexibility index (Phi) is 4.43. The summed E-state index contributed by atoms with van der Waals surface area (Å²) in [6.07, 6.45) is 3.20. The van der Waals surface area contributed by atoms with Crippen LogP contribution in [0.15, 0.2) is 28.3 Å². The van der Waals surface area contributed by atoms with Crippen molar-refractivity contribution in [2.45, 2.75) is 20.3 Å². The number of hydrogen-bond donors (Lipinski definition) is 2. The molecule has 0 saturated heterocycles. The van der Waals surface area contributed by atoms with Crippen LogP contribution in [0.4, 0.5) is 0 Å². The molecule has 7 heteroatoms. The number of guanidine groups is 1. The molecule has 4 N–H and O–H groups in total. The number of nitrogens with zero attached hydrogens (tertiary/aromatic N) is 1. The van der Waals surface area contributed by atoms with Gasteiger partial charge in [-0.2, -0.15) is 13.4 Å². The van der Waals surface area contributed by atoms with E-state index in [-0.39, 0.29) is 28.7 Å². The fourth-order valence-electron chi connectivity index (χ4n) is 1.62. The maximum atomic E-state index is 11.6. The molecule has 0 saturated carbocycles. The minimum Gasteiger partial charge on any atom is -0.370 e. The molecular weight excluding hydrogens is 254 g/mol. The number of carbonyl (C=O) groups excluding carboxylic acids is 1. The summed E-state index contributed by atoms with van der Waals surface area (Å²) in [5.74, 6) is -0.893. The van der Waals surface area contributed by atoms with E-state index in [9.17, 15) is 13.2 Å². The molecule has 0 spiro atoms. The molecule has 1 rings (SSSR count). The molecule has 0 unspecified atom stereocenters. The van der Waals surface area contributed by atoms with Gasteiger partial charge in [0.2, 0.25) is 10.3 Å². The highest BCUT2D eigenvalue weighted by atomic mass is 32.2. The van der Waals surface area contributed by atoms with Gasteiger partial charge in [-0.3, -0.25) is 4.79 Å². The van der Waals surface area contributed by atoms with Crippen molar-refractivity contribution in [2.75, 3.05) is 0 Å². The third-order valence-corrected chi connectivity index (χ3v) is 3.25. The first-order valence-corrected chi connectivity index (χ1v) is 6.40. The maximum Gasteiger partial charge on any atom is 0.276 e. The van der Waals surface area contributed by atoms with Gasteiger partial charge in [0.05, 0.1) is 4.86 Å². The summed E-state index contributed by atoms with van der Waals surface area (Å²) < 4.78 is 22.3. The third kappa shape index (κ3) is 3.30. The first-order chi connectivity index (χ1) is 8.32. The molecule has 0 fully saturated rings. The number of carbonyl (C=O) groups is 1. The van der Waals surface area contributed by atoms with Gasteiger partial charge < -0.3 is 11.5 Å². The van der Waals surface area contributed by atoms with E-state index < -0.39 is 16.2 Å². The molecule has 1 aliphatic rings. The molecule has 0 aromatic heterocycles. The Morgan fingerprint density at radius 3 is 2.39 bits per heavy atom. The summed E-state index contributed by atoms with van der Waals surface area (Å²) in [6.45, 7) is 3.77. The summed E-state index contributed by atoms with van der Waals surface area (Å²) >= 11 is 0. The Hall–Kier alpha value is -1.89. The van der Waals surface area contributed by atoms with Gasteiger partial charge in [0.1, 0.15) is 0 Å². The first-order valence-electron chi connectivity index (χ1n) is 5.33. The molecule has 18 heavy (non-hydrogen) atoms. The second kappa shape index (κ2) is 5.63. The van der Waals surface area contributed by atoms with Gasteiger partial charge in [0.25, 0.3) is 5.91 Å². The van der Waals surface area contributed by atoms with Crippen molar-refractivity contribution < 1.29 is 13.2 Å². The second-order valence-electron chi connectivity index (χ2n) is 4.15. The van der Waals surface area contributed by atoms with E-state index >= 15 is 0 Å². The first kappa shape index (κ1) is 14.2. The molecular formula is C11H15N3O3S. The topological polar surface area (TPSA) is 116 Å². The van der Waals surface area contributed by atoms with Crippen molar-refractivity contribution >= 4 is 27.0 Å². The van der Waals surface area contributed by atoms with Crippen molar-refractivity contribution in [3.63, 3.8) is 0 Å². The van der Waals surface area contributed by atoms with Crippen molar-refractivity contribution in [3.8, 4) is 0 Å². The lowest BCUT2D eigenvalue weighted by Crippen LogP contribution is -2.25. The Labute approximate surface area is 107 Å². The molecule has 0 bridgehead atoms. The fraction of sp³-hybridized carbons (Fsp3) is 0.364. The SMILES string of the molecule is CC(C)C1=CC=C(C(=O)N=C(N)N)CC1=S(=O)=O. The van der Waals surface area contributed by atoms with Gasteiger partial charge in [-0.15, -0.1) is 0 Å². The van der Waals surface area contributed by atoms with Crippen LogP contribution < -0.4 is 11.5 Å². The standard InChI is InChI=1S/C11H15N3O3S/c1-6(2)8-4-3-7(5-9(8)18(16)17)10(15)14-11(12)13/h3-4,6H,5H2,1-2H3,(H4,12,13,14,15). The van der Waals surface area contributed by atoms with Gasteiger partial charge in [0, 0.05) is 12.0 Å². The molecule has 0 aliphatic heterocycles. The highest BCUT2D eigenvalue weighted by Crippen LogP contribution is 2.22. The van der Waals surface area contributed by atoms with Gasteiger partial charge >= 0.3 is 0 Å². The smallest absolute Gasteiger partial charge is 0.276 e. The van der Waals surface area contributed by atoms with E-state index in [0.29, 0.717) is 5.57 Å². The zero-order valence-electron chi connectivity index (χ0n) is 10.2. The van der Waals surface area contributed by atoms with E-state index in [2.05, 4.69) is 4.99 Å². The van der Waals surface area contributed by atoms with Gasteiger partial charge in [0.15, 0.2) is 5.96 Å². The number of allylic oxidation sites excluding steroid dienone is 3. The molecule has 0 radical (unpaired) electrons. The lowest BCUT2D eigenvalue weighted by atomic mass is 9.91. The number of hydrogen-bond acceptors (Lipinski definition) is 3. The summed E-state index contributed by atoms with van der Waals surface area (Å²) in [6, 6.07) is 0. The summed E-state index contributed by atoms with van der Waals surface area (Å²) in [7, 11) is -2.36. The van der Waals surface area contributed by atoms with Crippen LogP contribution in [0.2, 0.25) is 0 Å². The van der Waals surface area contributed by atoms with Gasteiger partial charge in [-0.25, -0.2) is 0 Å². The zero-order chi connectivity index (χ0) is 13.9. The van der Waals surface area contributed by atoms with E-state index in [0.717, 1.165) is 0 Å². The maximum absolute atomic E-state index is 11.6. The van der Waals surface area contributed by atoms with Crippen LogP contribution in [0, 0.1) is 5.92 Å². The van der Waals surface area contributed by atoms with Crippen LogP contribution in [0.1, 0.15) is 20.3 Å². The summed E-state index contributed by atoms with van der Waals surface area (Å²) in [5, 5.41) is 0. The van der Waals surface area contributed by atoms with Crippen molar-refractivity contribution in [1.82, 2.24) is 0 Å². The summed E-state index contributed by atoms with van der Waals surface area (Å²) in [4.78, 5) is 15.2. The van der Waals surface area contributed by atoms with Crippen LogP contribution in [0.5, 0.6) is 0 Å². The molecule has 0 heterocycles. The quantitative estimate of drug-likeness (QED) is 0.407. The monoisotopic (exact) mass is 269 g/mol. The van der Waals surface area contributed by atoms with Crippen LogP contribution in [0.3, 0.4) is 0 Å². The van der Waals surface area contributed by atoms with E-state index in [1.54, 1.807) is 12.2 Å². The van der Waals surface area contributed by atoms with Gasteiger partial charge in [-0.05, 0) is 11.5 Å². The van der Waals surface area contributed by atoms with Crippen LogP contribution in [-0.4, -0.2) is 25.1 Å². The van der Waals surface area contributed by atoms with Gasteiger partial charge in [-0.1, -0.05) is 26.0 Å². The fourth-order valence-corrected chi connectivity index (χ4v) is 2.39. The van der Waals surface area contributed by atoms with Crippen molar-refractivity contribution in [3.05, 3.63) is 23.3 Å². The number of rotatable bonds is 2. The molecule has 98 valence electrons. The highest BCUT2D eigenvalue weighted by molar-refractivity contribution is 7.73. The van der Waals surface area contributed by atoms with E-state index in [1.165, 1.54) is 0 Å². The van der Waals surface area contributed by atoms with Crippen molar-refractivity contribution in [1.29, 1.82) is 0 Å². The number of amides is 1. The summed E-state index contributed by atoms with van der Waals surface area (Å²) in [5.41, 5.74) is 11.2. The Morgan fingerprint density at radius 1 is 1.33 bits per heavy atom. The predicted molar refractivity (Wildman–Crippen MR) is 70.4 cm³/mol. The Morgan fingerprint density at radius 2 is 1.94 bits per heavy atom. The Bertz CT molecular complexity index is 583. The highest BCUT2D eigenvalue weighted by Gasteiger charge is 2.21. The van der Waals surface area contributed by atoms with E-state index in [4.69, 9.17) is 11.5 Å². The number of nitrogens with two attached hydrogens (primary N) is 2. The van der Waals surface area contributed by atoms with Crippen molar-refractivity contribution in [2.24, 2.45) is 22.4 Å². The third-order valence-electron chi connectivity index (χ3n) is 2.47. The zero-order valence-corrected chi connectivity index (χ0v) is 11.0. The molecule has 1 amide bonds. The lowest BCUT2D eigenvalue weighted by molar-refractivity contribution is -0.114. The predicted octanol–water partition coefficient (Wildman–Crippen LogP) is -0.250. The average Bonchev–Trinajstić information content (AvgIpc) is 2.26. The lowest BCUT2D eigenvalue weighted by Gasteiger charge is -2.16. The average molecular weight is 269 g/mol. The Balaban J connectivity index is 3.21. The molecule has 0 aromatic rings. The molecule has 6 nitrogen and oxygen atoms in total. The van der Waals surface area contributed by atoms with Crippen LogP contribution in [0.25, 0.3) is 0 Å². The normalized spacial score (nSPS) is 14.9. The minimum absolute atomic E-state index is 0.0235. The minimum atomic E-state index is -2.36. The second-order valence-corrected chi connectivity index (χ2v) is 5.11. The molecule has 0 aromatic carbocycles. The van der Waals surface area contributed by atoms with Crippen LogP contribution >= 0.6 is 0 Å². The molecule has 0 atom stereocenters. The van der Waals surface area contributed by atoms with E-state index in [1.807, 2.05) is 13.8 Å². The number of aliphatic imine (C=N–C) groups is 1.